The normalized spacial score (nSPS) is 25.2. The fourth-order valence-corrected chi connectivity index (χ4v) is 2.48. The molecule has 4 heteroatoms. The SMILES string of the molecule is C#CCCN1C(=O)C(C(C)CC)NC(=O)C1C(C)C. The van der Waals surface area contributed by atoms with Crippen LogP contribution in [0.4, 0.5) is 0 Å². The first kappa shape index (κ1) is 15.6. The van der Waals surface area contributed by atoms with Crippen LogP contribution in [0.1, 0.15) is 40.5 Å². The van der Waals surface area contributed by atoms with Crippen LogP contribution >= 0.6 is 0 Å². The van der Waals surface area contributed by atoms with Gasteiger partial charge in [0, 0.05) is 13.0 Å². The second-order valence-electron chi connectivity index (χ2n) is 5.55. The first-order chi connectivity index (χ1) is 8.93. The highest BCUT2D eigenvalue weighted by Crippen LogP contribution is 2.22. The summed E-state index contributed by atoms with van der Waals surface area (Å²) in [4.78, 5) is 26.4. The third-order valence-corrected chi connectivity index (χ3v) is 3.79. The van der Waals surface area contributed by atoms with Gasteiger partial charge in [-0.25, -0.2) is 0 Å². The Kier molecular flexibility index (Phi) is 5.41. The summed E-state index contributed by atoms with van der Waals surface area (Å²) < 4.78 is 0. The summed E-state index contributed by atoms with van der Waals surface area (Å²) in [6.07, 6.45) is 6.61. The monoisotopic (exact) mass is 264 g/mol. The molecule has 1 aliphatic heterocycles. The summed E-state index contributed by atoms with van der Waals surface area (Å²) in [5.74, 6) is 2.71. The maximum atomic E-state index is 12.5. The van der Waals surface area contributed by atoms with Gasteiger partial charge in [0.1, 0.15) is 12.1 Å². The minimum atomic E-state index is -0.412. The van der Waals surface area contributed by atoms with Crippen LogP contribution in [0.3, 0.4) is 0 Å². The van der Waals surface area contributed by atoms with Crippen LogP contribution in [0.2, 0.25) is 0 Å². The van der Waals surface area contributed by atoms with Crippen LogP contribution in [-0.2, 0) is 9.59 Å². The van der Waals surface area contributed by atoms with E-state index in [0.717, 1.165) is 6.42 Å². The fourth-order valence-electron chi connectivity index (χ4n) is 2.48. The van der Waals surface area contributed by atoms with Crippen LogP contribution in [0.5, 0.6) is 0 Å². The molecule has 0 spiro atoms. The number of carbonyl (C=O) groups excluding carboxylic acids is 2. The van der Waals surface area contributed by atoms with Crippen molar-refractivity contribution in [2.45, 2.75) is 52.6 Å². The molecule has 1 saturated heterocycles. The Hall–Kier alpha value is -1.50. The van der Waals surface area contributed by atoms with Crippen LogP contribution in [0.25, 0.3) is 0 Å². The maximum Gasteiger partial charge on any atom is 0.246 e. The summed E-state index contributed by atoms with van der Waals surface area (Å²) in [5.41, 5.74) is 0. The molecule has 1 aliphatic rings. The van der Waals surface area contributed by atoms with Crippen molar-refractivity contribution >= 4 is 11.8 Å². The van der Waals surface area contributed by atoms with Crippen molar-refractivity contribution < 1.29 is 9.59 Å². The number of rotatable bonds is 5. The third kappa shape index (κ3) is 3.28. The lowest BCUT2D eigenvalue weighted by Gasteiger charge is -2.42. The average molecular weight is 264 g/mol. The van der Waals surface area contributed by atoms with Crippen LogP contribution < -0.4 is 5.32 Å². The molecule has 1 N–H and O–H groups in total. The van der Waals surface area contributed by atoms with E-state index in [1.807, 2.05) is 27.7 Å². The average Bonchev–Trinajstić information content (AvgIpc) is 2.37. The second kappa shape index (κ2) is 6.60. The predicted molar refractivity (Wildman–Crippen MR) is 75.2 cm³/mol. The molecule has 3 unspecified atom stereocenters. The molecular weight excluding hydrogens is 240 g/mol. The zero-order valence-electron chi connectivity index (χ0n) is 12.3. The summed E-state index contributed by atoms with van der Waals surface area (Å²) in [7, 11) is 0. The van der Waals surface area contributed by atoms with Crippen molar-refractivity contribution in [1.82, 2.24) is 10.2 Å². The van der Waals surface area contributed by atoms with Gasteiger partial charge in [-0.1, -0.05) is 34.1 Å². The molecule has 4 nitrogen and oxygen atoms in total. The molecule has 19 heavy (non-hydrogen) atoms. The molecular formula is C15H24N2O2. The molecule has 0 bridgehead atoms. The Labute approximate surface area is 115 Å². The minimum absolute atomic E-state index is 0.00269. The van der Waals surface area contributed by atoms with Crippen molar-refractivity contribution in [3.63, 3.8) is 0 Å². The summed E-state index contributed by atoms with van der Waals surface area (Å²) in [6.45, 7) is 8.36. The Morgan fingerprint density at radius 1 is 1.37 bits per heavy atom. The number of amides is 2. The van der Waals surface area contributed by atoms with E-state index in [1.165, 1.54) is 0 Å². The molecule has 1 fully saturated rings. The van der Waals surface area contributed by atoms with Gasteiger partial charge in [0.05, 0.1) is 0 Å². The molecule has 1 rings (SSSR count). The highest BCUT2D eigenvalue weighted by atomic mass is 16.2. The van der Waals surface area contributed by atoms with E-state index in [2.05, 4.69) is 11.2 Å². The topological polar surface area (TPSA) is 49.4 Å². The smallest absolute Gasteiger partial charge is 0.246 e. The first-order valence-electron chi connectivity index (χ1n) is 6.98. The zero-order chi connectivity index (χ0) is 14.6. The van der Waals surface area contributed by atoms with Crippen molar-refractivity contribution in [3.05, 3.63) is 0 Å². The molecule has 0 radical (unpaired) electrons. The van der Waals surface area contributed by atoms with Gasteiger partial charge in [-0.3, -0.25) is 9.59 Å². The van der Waals surface area contributed by atoms with Gasteiger partial charge in [-0.2, -0.15) is 0 Å². The first-order valence-corrected chi connectivity index (χ1v) is 6.98. The molecule has 106 valence electrons. The standard InChI is InChI=1S/C15H24N2O2/c1-6-8-9-17-13(10(3)4)14(18)16-12(15(17)19)11(5)7-2/h1,10-13H,7-9H2,2-5H3,(H,16,18). The minimum Gasteiger partial charge on any atom is -0.342 e. The summed E-state index contributed by atoms with van der Waals surface area (Å²) >= 11 is 0. The largest absolute Gasteiger partial charge is 0.342 e. The fraction of sp³-hybridized carbons (Fsp3) is 0.733. The Bertz CT molecular complexity index is 384. The number of nitrogens with zero attached hydrogens (tertiary/aromatic N) is 1. The van der Waals surface area contributed by atoms with E-state index in [0.29, 0.717) is 13.0 Å². The molecule has 2 amide bonds. The number of carbonyl (C=O) groups is 2. The van der Waals surface area contributed by atoms with Gasteiger partial charge in [-0.05, 0) is 11.8 Å². The van der Waals surface area contributed by atoms with E-state index < -0.39 is 12.1 Å². The van der Waals surface area contributed by atoms with Gasteiger partial charge in [0.25, 0.3) is 0 Å². The van der Waals surface area contributed by atoms with Gasteiger partial charge in [0.2, 0.25) is 11.8 Å². The van der Waals surface area contributed by atoms with Crippen molar-refractivity contribution in [2.75, 3.05) is 6.54 Å². The lowest BCUT2D eigenvalue weighted by molar-refractivity contribution is -0.152. The van der Waals surface area contributed by atoms with Crippen molar-refractivity contribution in [2.24, 2.45) is 11.8 Å². The summed E-state index contributed by atoms with van der Waals surface area (Å²) in [5, 5.41) is 2.87. The molecule has 0 aromatic heterocycles. The van der Waals surface area contributed by atoms with Gasteiger partial charge in [0.15, 0.2) is 0 Å². The predicted octanol–water partition coefficient (Wildman–Crippen LogP) is 1.41. The number of terminal acetylenes is 1. The Morgan fingerprint density at radius 3 is 2.47 bits per heavy atom. The highest BCUT2D eigenvalue weighted by Gasteiger charge is 2.42. The van der Waals surface area contributed by atoms with E-state index in [9.17, 15) is 9.59 Å². The Morgan fingerprint density at radius 2 is 2.00 bits per heavy atom. The van der Waals surface area contributed by atoms with Crippen LogP contribution in [0, 0.1) is 24.2 Å². The molecule has 0 saturated carbocycles. The van der Waals surface area contributed by atoms with Crippen molar-refractivity contribution in [3.8, 4) is 12.3 Å². The number of piperazine rings is 1. The summed E-state index contributed by atoms with van der Waals surface area (Å²) in [6, 6.07) is -0.813. The third-order valence-electron chi connectivity index (χ3n) is 3.79. The van der Waals surface area contributed by atoms with E-state index in [1.54, 1.807) is 4.90 Å². The molecule has 1 heterocycles. The van der Waals surface area contributed by atoms with E-state index >= 15 is 0 Å². The molecule has 0 aromatic rings. The number of hydrogen-bond acceptors (Lipinski definition) is 2. The lowest BCUT2D eigenvalue weighted by Crippen LogP contribution is -2.66. The number of hydrogen-bond donors (Lipinski definition) is 1. The maximum absolute atomic E-state index is 12.5. The number of nitrogens with one attached hydrogen (secondary N) is 1. The van der Waals surface area contributed by atoms with E-state index in [4.69, 9.17) is 6.42 Å². The Balaban J connectivity index is 2.98. The quantitative estimate of drug-likeness (QED) is 0.763. The molecule has 0 aliphatic carbocycles. The second-order valence-corrected chi connectivity index (χ2v) is 5.55. The van der Waals surface area contributed by atoms with Crippen LogP contribution in [-0.4, -0.2) is 35.3 Å². The molecule has 0 aromatic carbocycles. The molecule has 3 atom stereocenters. The van der Waals surface area contributed by atoms with Gasteiger partial charge in [-0.15, -0.1) is 12.3 Å². The van der Waals surface area contributed by atoms with Crippen molar-refractivity contribution in [1.29, 1.82) is 0 Å². The van der Waals surface area contributed by atoms with Crippen LogP contribution in [0.15, 0.2) is 0 Å². The van der Waals surface area contributed by atoms with E-state index in [-0.39, 0.29) is 23.7 Å². The highest BCUT2D eigenvalue weighted by molar-refractivity contribution is 5.97. The van der Waals surface area contributed by atoms with Gasteiger partial charge < -0.3 is 10.2 Å². The lowest BCUT2D eigenvalue weighted by atomic mass is 9.91. The van der Waals surface area contributed by atoms with Gasteiger partial charge >= 0.3 is 0 Å². The zero-order valence-corrected chi connectivity index (χ0v) is 12.3.